The second-order valence-corrected chi connectivity index (χ2v) is 7.23. The predicted octanol–water partition coefficient (Wildman–Crippen LogP) is 4.99. The highest BCUT2D eigenvalue weighted by Gasteiger charge is 2.30. The van der Waals surface area contributed by atoms with Gasteiger partial charge in [0.25, 0.3) is 17.5 Å². The molecule has 0 heterocycles. The van der Waals surface area contributed by atoms with E-state index in [0.29, 0.717) is 5.69 Å². The number of halogens is 3. The second-order valence-electron chi connectivity index (χ2n) is 6.82. The largest absolute Gasteiger partial charge is 0.416 e. The maximum absolute atomic E-state index is 12.8. The molecule has 0 spiro atoms. The number of thiocarbonyl (C=S) groups is 1. The molecule has 12 heteroatoms. The number of alkyl halides is 3. The summed E-state index contributed by atoms with van der Waals surface area (Å²) in [4.78, 5) is 34.6. The highest BCUT2D eigenvalue weighted by atomic mass is 32.1. The number of hydrogen-bond acceptors (Lipinski definition) is 5. The average molecular weight is 488 g/mol. The molecule has 0 aliphatic heterocycles. The minimum absolute atomic E-state index is 0.00263. The fraction of sp³-hybridized carbons (Fsp3) is 0.0455. The summed E-state index contributed by atoms with van der Waals surface area (Å²) in [6, 6.07) is 15.0. The van der Waals surface area contributed by atoms with Crippen LogP contribution in [0.5, 0.6) is 0 Å². The van der Waals surface area contributed by atoms with Crippen LogP contribution >= 0.6 is 12.2 Å². The van der Waals surface area contributed by atoms with E-state index >= 15 is 0 Å². The van der Waals surface area contributed by atoms with Crippen molar-refractivity contribution in [3.63, 3.8) is 0 Å². The number of hydrogen-bond donors (Lipinski definition) is 3. The summed E-state index contributed by atoms with van der Waals surface area (Å²) >= 11 is 5.07. The van der Waals surface area contributed by atoms with Crippen molar-refractivity contribution in [3.05, 3.63) is 99.6 Å². The third-order valence-electron chi connectivity index (χ3n) is 4.42. The van der Waals surface area contributed by atoms with Gasteiger partial charge >= 0.3 is 6.18 Å². The average Bonchev–Trinajstić information content (AvgIpc) is 2.79. The molecule has 8 nitrogen and oxygen atoms in total. The number of nitro groups is 1. The van der Waals surface area contributed by atoms with Crippen LogP contribution in [0.15, 0.2) is 72.8 Å². The molecule has 0 aliphatic rings. The van der Waals surface area contributed by atoms with Crippen LogP contribution in [-0.4, -0.2) is 21.9 Å². The predicted molar refractivity (Wildman–Crippen MR) is 123 cm³/mol. The SMILES string of the molecule is O=C(NC(=S)Nc1ccc(C(=O)Nc2cccc(C(F)(F)F)c2)cc1)c1ccc([N+](=O)[O-])cc1. The molecule has 0 bridgehead atoms. The summed E-state index contributed by atoms with van der Waals surface area (Å²) in [5.41, 5.74) is -0.259. The Morgan fingerprint density at radius 2 is 1.41 bits per heavy atom. The minimum Gasteiger partial charge on any atom is -0.332 e. The highest BCUT2D eigenvalue weighted by Crippen LogP contribution is 2.30. The van der Waals surface area contributed by atoms with Crippen molar-refractivity contribution in [2.45, 2.75) is 6.18 Å². The summed E-state index contributed by atoms with van der Waals surface area (Å²) in [5, 5.41) is 18.2. The van der Waals surface area contributed by atoms with E-state index in [4.69, 9.17) is 12.2 Å². The normalized spacial score (nSPS) is 10.8. The molecule has 3 aromatic carbocycles. The molecule has 0 aromatic heterocycles. The van der Waals surface area contributed by atoms with Gasteiger partial charge in [0.15, 0.2) is 5.11 Å². The molecule has 0 aliphatic carbocycles. The zero-order valence-corrected chi connectivity index (χ0v) is 17.9. The van der Waals surface area contributed by atoms with E-state index in [1.54, 1.807) is 0 Å². The van der Waals surface area contributed by atoms with Gasteiger partial charge in [-0.25, -0.2) is 0 Å². The van der Waals surface area contributed by atoms with E-state index in [9.17, 15) is 32.9 Å². The van der Waals surface area contributed by atoms with Gasteiger partial charge in [-0.05, 0) is 66.8 Å². The van der Waals surface area contributed by atoms with E-state index in [0.717, 1.165) is 12.1 Å². The molecule has 0 unspecified atom stereocenters. The van der Waals surface area contributed by atoms with Crippen molar-refractivity contribution in [3.8, 4) is 0 Å². The lowest BCUT2D eigenvalue weighted by Crippen LogP contribution is -2.34. The molecule has 0 saturated carbocycles. The first-order chi connectivity index (χ1) is 16.0. The Morgan fingerprint density at radius 3 is 2.00 bits per heavy atom. The smallest absolute Gasteiger partial charge is 0.332 e. The fourth-order valence-corrected chi connectivity index (χ4v) is 2.96. The third-order valence-corrected chi connectivity index (χ3v) is 4.62. The summed E-state index contributed by atoms with van der Waals surface area (Å²) in [6.45, 7) is 0. The maximum atomic E-state index is 12.8. The molecule has 3 aromatic rings. The first-order valence-electron chi connectivity index (χ1n) is 9.48. The Labute approximate surface area is 195 Å². The van der Waals surface area contributed by atoms with Gasteiger partial charge in [0.2, 0.25) is 0 Å². The number of nitro benzene ring substituents is 1. The molecule has 34 heavy (non-hydrogen) atoms. The number of carbonyl (C=O) groups is 2. The van der Waals surface area contributed by atoms with Gasteiger partial charge in [-0.15, -0.1) is 0 Å². The Kier molecular flexibility index (Phi) is 7.21. The number of anilines is 2. The molecule has 0 radical (unpaired) electrons. The Bertz CT molecular complexity index is 1250. The van der Waals surface area contributed by atoms with Gasteiger partial charge in [0, 0.05) is 34.6 Å². The molecule has 3 N–H and O–H groups in total. The number of rotatable bonds is 5. The fourth-order valence-electron chi connectivity index (χ4n) is 2.75. The highest BCUT2D eigenvalue weighted by molar-refractivity contribution is 7.80. The van der Waals surface area contributed by atoms with E-state index in [-0.39, 0.29) is 27.6 Å². The van der Waals surface area contributed by atoms with Gasteiger partial charge < -0.3 is 10.6 Å². The summed E-state index contributed by atoms with van der Waals surface area (Å²) in [6.07, 6.45) is -4.53. The van der Waals surface area contributed by atoms with Crippen LogP contribution < -0.4 is 16.0 Å². The molecular formula is C22H15F3N4O4S. The number of amides is 2. The van der Waals surface area contributed by atoms with Crippen LogP contribution in [-0.2, 0) is 6.18 Å². The van der Waals surface area contributed by atoms with Crippen molar-refractivity contribution in [2.24, 2.45) is 0 Å². The van der Waals surface area contributed by atoms with Crippen LogP contribution in [0, 0.1) is 10.1 Å². The van der Waals surface area contributed by atoms with Crippen molar-refractivity contribution >= 4 is 46.2 Å². The number of nitrogens with zero attached hydrogens (tertiary/aromatic N) is 1. The number of benzene rings is 3. The van der Waals surface area contributed by atoms with Crippen molar-refractivity contribution in [1.82, 2.24) is 5.32 Å². The molecule has 0 fully saturated rings. The molecule has 174 valence electrons. The van der Waals surface area contributed by atoms with Crippen LogP contribution in [0.25, 0.3) is 0 Å². The Morgan fingerprint density at radius 1 is 0.824 bits per heavy atom. The topological polar surface area (TPSA) is 113 Å². The van der Waals surface area contributed by atoms with E-state index in [2.05, 4.69) is 16.0 Å². The van der Waals surface area contributed by atoms with Gasteiger partial charge in [-0.1, -0.05) is 6.07 Å². The van der Waals surface area contributed by atoms with E-state index < -0.39 is 28.5 Å². The minimum atomic E-state index is -4.53. The zero-order valence-electron chi connectivity index (χ0n) is 17.1. The van der Waals surface area contributed by atoms with Gasteiger partial charge in [-0.2, -0.15) is 13.2 Å². The molecular weight excluding hydrogens is 473 g/mol. The third kappa shape index (κ3) is 6.36. The summed E-state index contributed by atoms with van der Waals surface area (Å²) in [5.74, 6) is -1.19. The number of carbonyl (C=O) groups excluding carboxylic acids is 2. The van der Waals surface area contributed by atoms with Crippen LogP contribution in [0.4, 0.5) is 30.2 Å². The Hall–Kier alpha value is -4.32. The van der Waals surface area contributed by atoms with Crippen molar-refractivity contribution in [1.29, 1.82) is 0 Å². The number of non-ortho nitro benzene ring substituents is 1. The lowest BCUT2D eigenvalue weighted by molar-refractivity contribution is -0.384. The molecule has 0 atom stereocenters. The van der Waals surface area contributed by atoms with E-state index in [1.165, 1.54) is 60.7 Å². The standard InChI is InChI=1S/C22H15F3N4O4S/c23-22(24,25)15-2-1-3-17(12-15)26-19(30)13-4-8-16(9-5-13)27-21(34)28-20(31)14-6-10-18(11-7-14)29(32)33/h1-12H,(H,26,30)(H2,27,28,31,34). The summed E-state index contributed by atoms with van der Waals surface area (Å²) in [7, 11) is 0. The lowest BCUT2D eigenvalue weighted by atomic mass is 10.1. The maximum Gasteiger partial charge on any atom is 0.416 e. The van der Waals surface area contributed by atoms with Gasteiger partial charge in [0.1, 0.15) is 0 Å². The Balaban J connectivity index is 1.57. The van der Waals surface area contributed by atoms with Crippen LogP contribution in [0.3, 0.4) is 0 Å². The number of nitrogens with one attached hydrogen (secondary N) is 3. The molecule has 3 rings (SSSR count). The van der Waals surface area contributed by atoms with Crippen molar-refractivity contribution < 1.29 is 27.7 Å². The summed E-state index contributed by atoms with van der Waals surface area (Å²) < 4.78 is 38.4. The molecule has 2 amide bonds. The van der Waals surface area contributed by atoms with Crippen LogP contribution in [0.1, 0.15) is 26.3 Å². The quantitative estimate of drug-likeness (QED) is 0.265. The van der Waals surface area contributed by atoms with Gasteiger partial charge in [0.05, 0.1) is 10.5 Å². The van der Waals surface area contributed by atoms with Gasteiger partial charge in [-0.3, -0.25) is 25.0 Å². The molecule has 0 saturated heterocycles. The second kappa shape index (κ2) is 10.1. The first kappa shape index (κ1) is 24.3. The monoisotopic (exact) mass is 488 g/mol. The van der Waals surface area contributed by atoms with Crippen molar-refractivity contribution in [2.75, 3.05) is 10.6 Å². The van der Waals surface area contributed by atoms with E-state index in [1.807, 2.05) is 0 Å². The van der Waals surface area contributed by atoms with Crippen LogP contribution in [0.2, 0.25) is 0 Å². The first-order valence-corrected chi connectivity index (χ1v) is 9.89. The lowest BCUT2D eigenvalue weighted by Gasteiger charge is -2.11. The zero-order chi connectivity index (χ0) is 24.9.